The molecule has 2 amide bonds. The van der Waals surface area contributed by atoms with Gasteiger partial charge < -0.3 is 10.6 Å². The van der Waals surface area contributed by atoms with Gasteiger partial charge in [-0.1, -0.05) is 49.4 Å². The van der Waals surface area contributed by atoms with E-state index in [9.17, 15) is 4.79 Å². The van der Waals surface area contributed by atoms with Crippen LogP contribution >= 0.6 is 0 Å². The number of para-hydroxylation sites is 1. The minimum atomic E-state index is -0.127. The molecule has 3 rings (SSSR count). The van der Waals surface area contributed by atoms with Gasteiger partial charge in [-0.25, -0.2) is 4.79 Å². The molecule has 0 aliphatic heterocycles. The van der Waals surface area contributed by atoms with Crippen molar-refractivity contribution in [1.29, 1.82) is 0 Å². The summed E-state index contributed by atoms with van der Waals surface area (Å²) in [6.45, 7) is 2.09. The Morgan fingerprint density at radius 3 is 2.76 bits per heavy atom. The summed E-state index contributed by atoms with van der Waals surface area (Å²) in [4.78, 5) is 12.2. The minimum absolute atomic E-state index is 0.120. The van der Waals surface area contributed by atoms with Crippen molar-refractivity contribution in [2.24, 2.45) is 0 Å². The Kier molecular flexibility index (Phi) is 3.91. The van der Waals surface area contributed by atoms with E-state index < -0.39 is 0 Å². The summed E-state index contributed by atoms with van der Waals surface area (Å²) in [7, 11) is 0. The van der Waals surface area contributed by atoms with Gasteiger partial charge in [0.25, 0.3) is 0 Å². The summed E-state index contributed by atoms with van der Waals surface area (Å²) in [6.07, 6.45) is 2.91. The summed E-state index contributed by atoms with van der Waals surface area (Å²) in [5.41, 5.74) is 4.64. The normalized spacial score (nSPS) is 16.3. The maximum Gasteiger partial charge on any atom is 0.319 e. The first-order valence-electron chi connectivity index (χ1n) is 7.51. The zero-order valence-electron chi connectivity index (χ0n) is 12.2. The minimum Gasteiger partial charge on any atom is -0.331 e. The lowest BCUT2D eigenvalue weighted by Crippen LogP contribution is -2.31. The predicted octanol–water partition coefficient (Wildman–Crippen LogP) is 4.06. The molecule has 0 bridgehead atoms. The van der Waals surface area contributed by atoms with Gasteiger partial charge in [-0.15, -0.1) is 0 Å². The third kappa shape index (κ3) is 2.92. The molecule has 2 aromatic rings. The molecule has 1 atom stereocenters. The first-order valence-corrected chi connectivity index (χ1v) is 7.51. The summed E-state index contributed by atoms with van der Waals surface area (Å²) in [6, 6.07) is 16.2. The molecular formula is C18H20N2O. The molecule has 2 N–H and O–H groups in total. The molecule has 3 nitrogen and oxygen atoms in total. The number of aryl methyl sites for hydroxylation is 2. The lowest BCUT2D eigenvalue weighted by atomic mass is 10.1. The lowest BCUT2D eigenvalue weighted by molar-refractivity contribution is 0.248. The number of hydrogen-bond donors (Lipinski definition) is 2. The number of amides is 2. The monoisotopic (exact) mass is 280 g/mol. The summed E-state index contributed by atoms with van der Waals surface area (Å²) >= 11 is 0. The Morgan fingerprint density at radius 2 is 1.90 bits per heavy atom. The van der Waals surface area contributed by atoms with Gasteiger partial charge in [-0.3, -0.25) is 0 Å². The Hall–Kier alpha value is -2.29. The third-order valence-electron chi connectivity index (χ3n) is 4.08. The summed E-state index contributed by atoms with van der Waals surface area (Å²) in [5, 5.41) is 6.05. The van der Waals surface area contributed by atoms with Gasteiger partial charge in [0.1, 0.15) is 0 Å². The van der Waals surface area contributed by atoms with Gasteiger partial charge in [0.05, 0.1) is 6.04 Å². The molecule has 2 aromatic carbocycles. The first-order chi connectivity index (χ1) is 10.3. The standard InChI is InChI=1S/C18H20N2O/c1-2-13-7-4-6-10-16(13)19-18(21)20-17-12-11-14-8-3-5-9-15(14)17/h3-10,17H,2,11-12H2,1H3,(H2,19,20,21). The Bertz CT molecular complexity index is 651. The summed E-state index contributed by atoms with van der Waals surface area (Å²) < 4.78 is 0. The molecule has 1 aliphatic rings. The van der Waals surface area contributed by atoms with E-state index in [0.29, 0.717) is 0 Å². The zero-order chi connectivity index (χ0) is 14.7. The van der Waals surface area contributed by atoms with Crippen molar-refractivity contribution in [1.82, 2.24) is 5.32 Å². The van der Waals surface area contributed by atoms with E-state index in [0.717, 1.165) is 30.5 Å². The first kappa shape index (κ1) is 13.7. The largest absolute Gasteiger partial charge is 0.331 e. The van der Waals surface area contributed by atoms with Crippen molar-refractivity contribution in [2.45, 2.75) is 32.2 Å². The van der Waals surface area contributed by atoms with E-state index in [1.54, 1.807) is 0 Å². The molecule has 0 fully saturated rings. The number of nitrogens with one attached hydrogen (secondary N) is 2. The van der Waals surface area contributed by atoms with Crippen LogP contribution in [0, 0.1) is 0 Å². The second-order valence-electron chi connectivity index (χ2n) is 5.40. The third-order valence-corrected chi connectivity index (χ3v) is 4.08. The molecule has 1 unspecified atom stereocenters. The molecule has 0 aromatic heterocycles. The average Bonchev–Trinajstić information content (AvgIpc) is 2.91. The highest BCUT2D eigenvalue weighted by Gasteiger charge is 2.23. The van der Waals surface area contributed by atoms with Crippen molar-refractivity contribution in [3.8, 4) is 0 Å². The second-order valence-corrected chi connectivity index (χ2v) is 5.40. The van der Waals surface area contributed by atoms with Crippen LogP contribution in [0.1, 0.15) is 36.1 Å². The van der Waals surface area contributed by atoms with Crippen LogP contribution in [0.3, 0.4) is 0 Å². The number of urea groups is 1. The molecule has 0 saturated carbocycles. The Balaban J connectivity index is 1.68. The van der Waals surface area contributed by atoms with E-state index in [-0.39, 0.29) is 12.1 Å². The predicted molar refractivity (Wildman–Crippen MR) is 85.5 cm³/mol. The smallest absolute Gasteiger partial charge is 0.319 e. The summed E-state index contributed by atoms with van der Waals surface area (Å²) in [5.74, 6) is 0. The fourth-order valence-corrected chi connectivity index (χ4v) is 2.97. The molecular weight excluding hydrogens is 260 g/mol. The van der Waals surface area contributed by atoms with Crippen molar-refractivity contribution in [2.75, 3.05) is 5.32 Å². The number of benzene rings is 2. The van der Waals surface area contributed by atoms with Crippen LogP contribution in [0.15, 0.2) is 48.5 Å². The van der Waals surface area contributed by atoms with E-state index in [2.05, 4.69) is 35.8 Å². The van der Waals surface area contributed by atoms with Gasteiger partial charge in [0.15, 0.2) is 0 Å². The highest BCUT2D eigenvalue weighted by Crippen LogP contribution is 2.30. The quantitative estimate of drug-likeness (QED) is 0.874. The molecule has 0 saturated heterocycles. The second kappa shape index (κ2) is 6.00. The highest BCUT2D eigenvalue weighted by atomic mass is 16.2. The van der Waals surface area contributed by atoms with Gasteiger partial charge >= 0.3 is 6.03 Å². The van der Waals surface area contributed by atoms with E-state index in [4.69, 9.17) is 0 Å². The number of anilines is 1. The van der Waals surface area contributed by atoms with Crippen molar-refractivity contribution in [3.63, 3.8) is 0 Å². The van der Waals surface area contributed by atoms with Crippen molar-refractivity contribution in [3.05, 3.63) is 65.2 Å². The molecule has 0 spiro atoms. The average molecular weight is 280 g/mol. The lowest BCUT2D eigenvalue weighted by Gasteiger charge is -2.16. The maximum absolute atomic E-state index is 12.2. The Labute approximate surface area is 125 Å². The number of fused-ring (bicyclic) bond motifs is 1. The fraction of sp³-hybridized carbons (Fsp3) is 0.278. The van der Waals surface area contributed by atoms with Crippen molar-refractivity contribution < 1.29 is 4.79 Å². The fourth-order valence-electron chi connectivity index (χ4n) is 2.97. The van der Waals surface area contributed by atoms with E-state index in [1.165, 1.54) is 11.1 Å². The molecule has 3 heteroatoms. The number of hydrogen-bond acceptors (Lipinski definition) is 1. The van der Waals surface area contributed by atoms with Crippen LogP contribution in [0.5, 0.6) is 0 Å². The van der Waals surface area contributed by atoms with E-state index in [1.807, 2.05) is 30.3 Å². The van der Waals surface area contributed by atoms with Crippen LogP contribution in [0.25, 0.3) is 0 Å². The van der Waals surface area contributed by atoms with Crippen LogP contribution < -0.4 is 10.6 Å². The maximum atomic E-state index is 12.2. The SMILES string of the molecule is CCc1ccccc1NC(=O)NC1CCc2ccccc21. The molecule has 108 valence electrons. The van der Waals surface area contributed by atoms with Crippen LogP contribution in [-0.4, -0.2) is 6.03 Å². The molecule has 0 heterocycles. The van der Waals surface area contributed by atoms with Crippen LogP contribution in [0.4, 0.5) is 10.5 Å². The van der Waals surface area contributed by atoms with Gasteiger partial charge in [-0.05, 0) is 42.0 Å². The van der Waals surface area contributed by atoms with Gasteiger partial charge in [0, 0.05) is 5.69 Å². The molecule has 0 radical (unpaired) electrons. The zero-order valence-corrected chi connectivity index (χ0v) is 12.2. The number of carbonyl (C=O) groups is 1. The van der Waals surface area contributed by atoms with Gasteiger partial charge in [-0.2, -0.15) is 0 Å². The number of rotatable bonds is 3. The molecule has 1 aliphatic carbocycles. The van der Waals surface area contributed by atoms with Crippen LogP contribution in [0.2, 0.25) is 0 Å². The van der Waals surface area contributed by atoms with Crippen molar-refractivity contribution >= 4 is 11.7 Å². The van der Waals surface area contributed by atoms with E-state index >= 15 is 0 Å². The van der Waals surface area contributed by atoms with Gasteiger partial charge in [0.2, 0.25) is 0 Å². The van der Waals surface area contributed by atoms with Crippen LogP contribution in [-0.2, 0) is 12.8 Å². The molecule has 21 heavy (non-hydrogen) atoms. The Morgan fingerprint density at radius 1 is 1.14 bits per heavy atom. The highest BCUT2D eigenvalue weighted by molar-refractivity contribution is 5.90. The topological polar surface area (TPSA) is 41.1 Å². The number of carbonyl (C=O) groups excluding carboxylic acids is 1.